The fourth-order valence-corrected chi connectivity index (χ4v) is 3.77. The minimum atomic E-state index is -4.71. The van der Waals surface area contributed by atoms with Crippen molar-refractivity contribution in [2.75, 3.05) is 12.4 Å². The highest BCUT2D eigenvalue weighted by Gasteiger charge is 2.35. The lowest BCUT2D eigenvalue weighted by Gasteiger charge is -2.19. The van der Waals surface area contributed by atoms with Gasteiger partial charge in [0.1, 0.15) is 5.75 Å². The number of para-hydroxylation sites is 1. The largest absolute Gasteiger partial charge is 0.495 e. The number of benzodiazepines with no additional fused rings is 1. The van der Waals surface area contributed by atoms with Crippen molar-refractivity contribution in [1.29, 1.82) is 0 Å². The van der Waals surface area contributed by atoms with Gasteiger partial charge in [0, 0.05) is 23.5 Å². The molecule has 14 heteroatoms. The van der Waals surface area contributed by atoms with Gasteiger partial charge in [0.15, 0.2) is 0 Å². The lowest BCUT2D eigenvalue weighted by Crippen LogP contribution is -2.45. The number of hydrogen-bond donors (Lipinski definition) is 3. The number of carbonyl (C=O) groups excluding carboxylic acids is 2. The molecule has 2 aromatic carbocycles. The van der Waals surface area contributed by atoms with Crippen molar-refractivity contribution in [2.45, 2.75) is 37.8 Å². The van der Waals surface area contributed by atoms with E-state index in [0.29, 0.717) is 0 Å². The van der Waals surface area contributed by atoms with Crippen LogP contribution in [0.4, 0.5) is 32.0 Å². The van der Waals surface area contributed by atoms with Gasteiger partial charge in [-0.05, 0) is 24.6 Å². The second kappa shape index (κ2) is 11.1. The van der Waals surface area contributed by atoms with E-state index < -0.39 is 67.0 Å². The van der Waals surface area contributed by atoms with Crippen molar-refractivity contribution in [1.82, 2.24) is 5.32 Å². The number of aliphatic carboxylic acids is 1. The molecule has 8 nitrogen and oxygen atoms in total. The molecule has 1 aliphatic heterocycles. The fourth-order valence-electron chi connectivity index (χ4n) is 3.77. The second-order valence-electron chi connectivity index (χ2n) is 8.29. The Morgan fingerprint density at radius 2 is 1.82 bits per heavy atom. The highest BCUT2D eigenvalue weighted by molar-refractivity contribution is 6.20. The molecule has 3 N–H and O–H groups in total. The molecule has 0 radical (unpaired) electrons. The minimum absolute atomic E-state index is 0.0343. The number of nitrogens with one attached hydrogen (secondary N) is 2. The molecule has 0 fully saturated rings. The topological polar surface area (TPSA) is 117 Å². The molecule has 0 saturated heterocycles. The van der Waals surface area contributed by atoms with Gasteiger partial charge in [0.05, 0.1) is 30.5 Å². The van der Waals surface area contributed by atoms with Crippen LogP contribution in [0.2, 0.25) is 0 Å². The summed E-state index contributed by atoms with van der Waals surface area (Å²) >= 11 is 0. The summed E-state index contributed by atoms with van der Waals surface area (Å²) in [4.78, 5) is 41.1. The molecule has 38 heavy (non-hydrogen) atoms. The van der Waals surface area contributed by atoms with Gasteiger partial charge < -0.3 is 20.5 Å². The summed E-state index contributed by atoms with van der Waals surface area (Å²) in [7, 11) is 1.28. The number of carbonyl (C=O) groups is 3. The first-order chi connectivity index (χ1) is 17.7. The van der Waals surface area contributed by atoms with E-state index in [1.165, 1.54) is 31.4 Å². The molecule has 2 aromatic rings. The molecule has 204 valence electrons. The Labute approximate surface area is 211 Å². The van der Waals surface area contributed by atoms with Crippen LogP contribution in [0.1, 0.15) is 36.0 Å². The van der Waals surface area contributed by atoms with Crippen molar-refractivity contribution < 1.29 is 50.6 Å². The summed E-state index contributed by atoms with van der Waals surface area (Å²) in [6, 6.07) is 8.42. The molecule has 0 aromatic heterocycles. The van der Waals surface area contributed by atoms with Crippen molar-refractivity contribution in [2.24, 2.45) is 10.9 Å². The summed E-state index contributed by atoms with van der Waals surface area (Å²) in [5.74, 6) is -5.24. The lowest BCUT2D eigenvalue weighted by atomic mass is 9.98. The number of fused-ring (bicyclic) bond motifs is 1. The van der Waals surface area contributed by atoms with Gasteiger partial charge >= 0.3 is 18.3 Å². The van der Waals surface area contributed by atoms with Gasteiger partial charge in [-0.15, -0.1) is 0 Å². The molecule has 2 atom stereocenters. The maximum atomic E-state index is 13.4. The average Bonchev–Trinajstić information content (AvgIpc) is 2.96. The first-order valence-electron chi connectivity index (χ1n) is 11.0. The number of alkyl halides is 6. The van der Waals surface area contributed by atoms with E-state index >= 15 is 0 Å². The number of amides is 2. The van der Waals surface area contributed by atoms with Gasteiger partial charge in [-0.25, -0.2) is 4.99 Å². The third kappa shape index (κ3) is 7.01. The van der Waals surface area contributed by atoms with Crippen molar-refractivity contribution in [3.8, 4) is 5.75 Å². The number of carboxylic acids is 1. The number of ether oxygens (including phenoxy) is 1. The number of methoxy groups -OCH3 is 1. The summed E-state index contributed by atoms with van der Waals surface area (Å²) < 4.78 is 83.5. The molecule has 2 amide bonds. The predicted molar refractivity (Wildman–Crippen MR) is 122 cm³/mol. The second-order valence-corrected chi connectivity index (χ2v) is 8.29. The predicted octanol–water partition coefficient (Wildman–Crippen LogP) is 4.38. The summed E-state index contributed by atoms with van der Waals surface area (Å²) in [6.45, 7) is 0. The number of anilines is 1. The molecule has 2 unspecified atom stereocenters. The van der Waals surface area contributed by atoms with Gasteiger partial charge in [0.2, 0.25) is 12.1 Å². The van der Waals surface area contributed by atoms with Crippen LogP contribution in [0.3, 0.4) is 0 Å². The molecular formula is C24H21F6N3O5. The molecule has 1 aliphatic rings. The maximum Gasteiger partial charge on any atom is 0.416 e. The number of benzene rings is 2. The molecule has 3 rings (SSSR count). The number of aliphatic imine (C=N–C) groups is 1. The Kier molecular flexibility index (Phi) is 8.32. The van der Waals surface area contributed by atoms with Gasteiger partial charge in [-0.2, -0.15) is 26.3 Å². The van der Waals surface area contributed by atoms with Crippen LogP contribution in [0.25, 0.3) is 0 Å². The highest BCUT2D eigenvalue weighted by Crippen LogP contribution is 2.35. The Balaban J connectivity index is 2.06. The van der Waals surface area contributed by atoms with Crippen LogP contribution in [0.5, 0.6) is 5.75 Å². The Hall–Kier alpha value is -4.10. The zero-order valence-corrected chi connectivity index (χ0v) is 19.6. The first kappa shape index (κ1) is 28.5. The van der Waals surface area contributed by atoms with E-state index in [4.69, 9.17) is 9.84 Å². The Morgan fingerprint density at radius 3 is 2.42 bits per heavy atom. The monoisotopic (exact) mass is 545 g/mol. The molecule has 0 spiro atoms. The van der Waals surface area contributed by atoms with E-state index in [1.807, 2.05) is 0 Å². The number of nitrogens with zero attached hydrogens (tertiary/aromatic N) is 1. The molecule has 0 saturated carbocycles. The minimum Gasteiger partial charge on any atom is -0.495 e. The fraction of sp³-hybridized carbons (Fsp3) is 0.333. The zero-order valence-electron chi connectivity index (χ0n) is 19.6. The normalized spacial score (nSPS) is 16.4. The lowest BCUT2D eigenvalue weighted by molar-refractivity contribution is -0.148. The standard InChI is InChI=1S/C24H21F6N3O5/c1-38-16-7-3-6-15-18(12-4-2-5-14(10-12)24(28,29)30)31-20(22(37)32-19(15)16)33-21(36)13(11-17(34)35)8-9-23(25,26)27/h2-7,10,13,20H,8-9,11H2,1H3,(H,32,37)(H,33,36)(H,34,35). The van der Waals surface area contributed by atoms with Gasteiger partial charge in [-0.3, -0.25) is 14.4 Å². The summed E-state index contributed by atoms with van der Waals surface area (Å²) in [5, 5.41) is 13.7. The smallest absolute Gasteiger partial charge is 0.416 e. The Morgan fingerprint density at radius 1 is 1.13 bits per heavy atom. The summed E-state index contributed by atoms with van der Waals surface area (Å²) in [6.07, 6.45) is -14.4. The van der Waals surface area contributed by atoms with Gasteiger partial charge in [0.25, 0.3) is 5.91 Å². The maximum absolute atomic E-state index is 13.4. The van der Waals surface area contributed by atoms with Crippen molar-refractivity contribution >= 4 is 29.2 Å². The zero-order chi connectivity index (χ0) is 28.3. The van der Waals surface area contributed by atoms with Crippen LogP contribution < -0.4 is 15.4 Å². The quantitative estimate of drug-likeness (QED) is 0.426. The van der Waals surface area contributed by atoms with Crippen LogP contribution in [-0.2, 0) is 20.6 Å². The van der Waals surface area contributed by atoms with Crippen LogP contribution in [0.15, 0.2) is 47.5 Å². The molecule has 0 aliphatic carbocycles. The highest BCUT2D eigenvalue weighted by atomic mass is 19.4. The van der Waals surface area contributed by atoms with E-state index in [1.54, 1.807) is 0 Å². The van der Waals surface area contributed by atoms with Crippen molar-refractivity contribution in [3.05, 3.63) is 59.2 Å². The number of rotatable bonds is 8. The molecule has 0 bridgehead atoms. The van der Waals surface area contributed by atoms with E-state index in [0.717, 1.165) is 18.2 Å². The first-order valence-corrected chi connectivity index (χ1v) is 11.0. The number of halogens is 6. The third-order valence-corrected chi connectivity index (χ3v) is 5.57. The number of carboxylic acid groups (broad SMARTS) is 1. The summed E-state index contributed by atoms with van der Waals surface area (Å²) in [5.41, 5.74) is -1.07. The van der Waals surface area contributed by atoms with E-state index in [2.05, 4.69) is 15.6 Å². The third-order valence-electron chi connectivity index (χ3n) is 5.57. The Bertz CT molecular complexity index is 1260. The van der Waals surface area contributed by atoms with E-state index in [9.17, 15) is 40.7 Å². The SMILES string of the molecule is COc1cccc2c1NC(=O)C(NC(=O)C(CCC(F)(F)F)CC(=O)O)N=C2c1cccc(C(F)(F)F)c1. The molecule has 1 heterocycles. The van der Waals surface area contributed by atoms with E-state index in [-0.39, 0.29) is 28.3 Å². The van der Waals surface area contributed by atoms with Crippen molar-refractivity contribution in [3.63, 3.8) is 0 Å². The van der Waals surface area contributed by atoms with Crippen LogP contribution in [-0.4, -0.2) is 48.1 Å². The van der Waals surface area contributed by atoms with Crippen LogP contribution >= 0.6 is 0 Å². The van der Waals surface area contributed by atoms with Crippen LogP contribution in [0, 0.1) is 5.92 Å². The van der Waals surface area contributed by atoms with Gasteiger partial charge in [-0.1, -0.05) is 24.3 Å². The average molecular weight is 545 g/mol. The number of hydrogen-bond acceptors (Lipinski definition) is 5. The molecular weight excluding hydrogens is 524 g/mol.